The van der Waals surface area contributed by atoms with E-state index >= 15 is 0 Å². The van der Waals surface area contributed by atoms with Crippen LogP contribution in [0.2, 0.25) is 5.02 Å². The van der Waals surface area contributed by atoms with E-state index in [-0.39, 0.29) is 52.3 Å². The van der Waals surface area contributed by atoms with Crippen molar-refractivity contribution in [1.82, 2.24) is 55.1 Å². The number of aromatic amines is 2. The number of pyridine rings is 4. The Balaban J connectivity index is 0.000000173. The second-order valence-corrected chi connectivity index (χ2v) is 52.6. The summed E-state index contributed by atoms with van der Waals surface area (Å²) in [6, 6.07) is 60.6. The van der Waals surface area contributed by atoms with Gasteiger partial charge in [0, 0.05) is 169 Å². The number of sulfonamides is 4. The summed E-state index contributed by atoms with van der Waals surface area (Å²) in [5, 5.41) is 44.4. The van der Waals surface area contributed by atoms with Gasteiger partial charge in [-0.2, -0.15) is 17.2 Å². The van der Waals surface area contributed by atoms with Gasteiger partial charge in [-0.15, -0.1) is 0 Å². The van der Waals surface area contributed by atoms with Crippen molar-refractivity contribution in [2.24, 2.45) is 0 Å². The molecular formula is C104H112B2Br3ClN14O18S6. The van der Waals surface area contributed by atoms with Crippen LogP contribution in [0, 0.1) is 13.8 Å². The molecule has 0 unspecified atom stereocenters. The predicted molar refractivity (Wildman–Crippen MR) is 598 cm³/mol. The number of nitrogens with one attached hydrogen (secondary N) is 4. The van der Waals surface area contributed by atoms with Gasteiger partial charge in [-0.1, -0.05) is 133 Å². The van der Waals surface area contributed by atoms with Crippen molar-refractivity contribution in [2.75, 3.05) is 38.8 Å². The molecule has 0 aliphatic heterocycles. The maximum Gasteiger partial charge on any atom is 0.488 e. The number of fused-ring (bicyclic) bond motifs is 4. The maximum absolute atomic E-state index is 13.5. The topological polar surface area (TPSA) is 450 Å². The summed E-state index contributed by atoms with van der Waals surface area (Å²) in [5.74, 6) is -0.620. The first-order chi connectivity index (χ1) is 68.9. The lowest BCUT2D eigenvalue weighted by Gasteiger charge is -2.31. The average Bonchev–Trinajstić information content (AvgIpc) is 1.58. The molecular weight excluding hydrogens is 2220 g/mol. The van der Waals surface area contributed by atoms with E-state index in [0.29, 0.717) is 59.5 Å². The summed E-state index contributed by atoms with van der Waals surface area (Å²) in [6.07, 6.45) is 15.5. The van der Waals surface area contributed by atoms with E-state index in [4.69, 9.17) is 31.7 Å². The van der Waals surface area contributed by atoms with Crippen LogP contribution < -0.4 is 21.6 Å². The number of rotatable bonds is 22. The van der Waals surface area contributed by atoms with Gasteiger partial charge in [-0.3, -0.25) is 9.59 Å². The molecule has 0 bridgehead atoms. The zero-order chi connectivity index (χ0) is 109. The lowest BCUT2D eigenvalue weighted by Crippen LogP contribution is -2.42. The largest absolute Gasteiger partial charge is 0.488 e. The SMILES string of the molecule is C=CC(=O)Nc1cccc(-c2cnc3[nH]cc(-c4cccc(S(=O)(=O)N(C)C(C)(C)C)c4)c3c2)c1.C=CC(=O)Nc1cccc(B(O)O)c1.CN(C(C)(C)C)S(=O)(=O)c1cccc(-c2c[nH]c3ncc(Br)cc23)c1.CN(C(C)(C)C)S(=O)(=O)c1cccc(B(O)O)c1.Cc1ccc(S(=O)(=O)n2cc(-c3cccc(S(=O)(=O)N(C)C(C)(C)C)c3)c3cc(Br)cnc32)cc1.Cc1ccc(S(=O)(=O)n2cc(Cl)c3cc(Br)cnc32)cc1. The fraction of sp³-hybridized carbons (Fsp3) is 0.212. The van der Waals surface area contributed by atoms with Crippen LogP contribution in [0.1, 0.15) is 94.2 Å². The van der Waals surface area contributed by atoms with Crippen LogP contribution in [0.25, 0.3) is 88.6 Å². The number of anilines is 2. The van der Waals surface area contributed by atoms with Crippen LogP contribution >= 0.6 is 59.4 Å². The van der Waals surface area contributed by atoms with Crippen LogP contribution in [0.4, 0.5) is 11.4 Å². The minimum Gasteiger partial charge on any atom is -0.423 e. The molecule has 776 valence electrons. The molecule has 0 fully saturated rings. The number of aryl methyl sites for hydroxylation is 2. The van der Waals surface area contributed by atoms with E-state index in [0.717, 1.165) is 83.9 Å². The fourth-order valence-electron chi connectivity index (χ4n) is 14.3. The summed E-state index contributed by atoms with van der Waals surface area (Å²) in [4.78, 5) is 47.3. The number of amides is 2. The number of aromatic nitrogens is 8. The molecule has 0 aliphatic rings. The van der Waals surface area contributed by atoms with Crippen molar-refractivity contribution in [3.63, 3.8) is 0 Å². The Labute approximate surface area is 894 Å². The first-order valence-corrected chi connectivity index (χ1v) is 56.7. The molecule has 0 saturated carbocycles. The molecule has 148 heavy (non-hydrogen) atoms. The van der Waals surface area contributed by atoms with Gasteiger partial charge in [-0.05, 0) is 311 Å². The van der Waals surface area contributed by atoms with E-state index < -0.39 is 96.5 Å². The number of hydrogen-bond acceptors (Lipinski definition) is 22. The third kappa shape index (κ3) is 27.5. The summed E-state index contributed by atoms with van der Waals surface area (Å²) >= 11 is 16.3. The number of carbonyl (C=O) groups is 2. The van der Waals surface area contributed by atoms with E-state index in [9.17, 15) is 60.1 Å². The highest BCUT2D eigenvalue weighted by atomic mass is 79.9. The Kier molecular flexibility index (Phi) is 36.8. The molecule has 0 aliphatic carbocycles. The van der Waals surface area contributed by atoms with Crippen molar-refractivity contribution in [2.45, 2.75) is 148 Å². The van der Waals surface area contributed by atoms with E-state index in [1.807, 2.05) is 131 Å². The number of hydrogen-bond donors (Lipinski definition) is 8. The molecule has 0 spiro atoms. The van der Waals surface area contributed by atoms with Crippen molar-refractivity contribution >= 4 is 212 Å². The number of nitrogens with zero attached hydrogens (tertiary/aromatic N) is 10. The Morgan fingerprint density at radius 2 is 0.689 bits per heavy atom. The smallest absolute Gasteiger partial charge is 0.423 e. The Morgan fingerprint density at radius 1 is 0.372 bits per heavy atom. The van der Waals surface area contributed by atoms with Gasteiger partial charge >= 0.3 is 14.2 Å². The van der Waals surface area contributed by atoms with Gasteiger partial charge < -0.3 is 40.7 Å². The Hall–Kier alpha value is -11.8. The molecule has 8 aromatic heterocycles. The molecule has 44 heteroatoms. The minimum atomic E-state index is -3.94. The standard InChI is InChI=1S/C27H28N4O3S.C25H26BrN3O4S2.C18H20BrN3O2S.C14H10BrClN2O2S.C11H18BNO4S.C9H10BNO3/c1-6-25(32)30-21-11-7-9-18(13-21)20-15-23-24(17-29-26(23)28-16-20)19-10-8-12-22(14-19)35(33,34)31(5)27(2,3)4;1-17-9-11-20(12-10-17)35(32,33)29-16-23(22-14-19(26)15-27-24(22)29)18-7-6-8-21(13-18)34(30,31)28(5)25(2,3)4;1-18(2,3)22(4)25(23,24)14-7-5-6-12(8-14)16-11-21-17-15(16)9-13(19)10-20-17;1-9-2-4-11(5-3-9)21(19,20)18-8-13(16)12-6-10(15)7-17-14(12)18;1-11(2,3)13(4)18(16,17)10-7-5-6-9(8-10)12(14)15;1-2-9(12)11-8-5-3-4-7(6-8)10(13)14/h6-17H,1H2,2-5H3,(H,28,29)(H,30,32);6-16H,1-5H3;5-11H,1-4H3,(H,20,21);2-8H,1H3;5-8,14-15H,1-4H3;2-6,13-14H,1H2,(H,11,12). The van der Waals surface area contributed by atoms with Crippen molar-refractivity contribution < 1.29 is 80.2 Å². The van der Waals surface area contributed by atoms with Gasteiger partial charge in [0.2, 0.25) is 51.9 Å². The molecule has 16 aromatic rings. The highest BCUT2D eigenvalue weighted by Gasteiger charge is 2.37. The average molecular weight is 2340 g/mol. The van der Waals surface area contributed by atoms with Gasteiger partial charge in [-0.25, -0.2) is 78.4 Å². The second-order valence-electron chi connectivity index (χ2n) is 37.9. The van der Waals surface area contributed by atoms with E-state index in [2.05, 4.69) is 101 Å². The summed E-state index contributed by atoms with van der Waals surface area (Å²) < 4.78 is 166. The highest BCUT2D eigenvalue weighted by molar-refractivity contribution is 9.11. The van der Waals surface area contributed by atoms with Crippen LogP contribution in [-0.4, -0.2) is 202 Å². The van der Waals surface area contributed by atoms with Gasteiger partial charge in [0.25, 0.3) is 20.0 Å². The Morgan fingerprint density at radius 3 is 1.09 bits per heavy atom. The lowest BCUT2D eigenvalue weighted by molar-refractivity contribution is -0.112. The normalized spacial score (nSPS) is 12.3. The number of benzene rings is 8. The molecule has 2 amide bonds. The van der Waals surface area contributed by atoms with Gasteiger partial charge in [0.1, 0.15) is 11.3 Å². The third-order valence-corrected chi connectivity index (χ3v) is 37.0. The van der Waals surface area contributed by atoms with Crippen molar-refractivity contribution in [1.29, 1.82) is 0 Å². The second kappa shape index (κ2) is 46.7. The summed E-state index contributed by atoms with van der Waals surface area (Å²) in [5.41, 5.74) is 9.62. The molecule has 8 heterocycles. The van der Waals surface area contributed by atoms with E-state index in [1.165, 1.54) is 85.3 Å². The lowest BCUT2D eigenvalue weighted by atomic mass is 9.80. The fourth-order valence-corrected chi connectivity index (χ4v) is 24.5. The third-order valence-electron chi connectivity index (χ3n) is 23.6. The molecule has 32 nitrogen and oxygen atoms in total. The summed E-state index contributed by atoms with van der Waals surface area (Å²) in [6.45, 7) is 32.6. The van der Waals surface area contributed by atoms with Gasteiger partial charge in [0.15, 0.2) is 11.3 Å². The molecule has 8 N–H and O–H groups in total. The van der Waals surface area contributed by atoms with Crippen LogP contribution in [0.15, 0.2) is 336 Å². The molecule has 16 rings (SSSR count). The van der Waals surface area contributed by atoms with Crippen LogP contribution in [0.5, 0.6) is 0 Å². The molecule has 0 atom stereocenters. The zero-order valence-electron chi connectivity index (χ0n) is 84.1. The van der Waals surface area contributed by atoms with Crippen LogP contribution in [0.3, 0.4) is 0 Å². The summed E-state index contributed by atoms with van der Waals surface area (Å²) in [7, 11) is -19.3. The predicted octanol–water partition coefficient (Wildman–Crippen LogP) is 18.6. The molecule has 0 saturated heterocycles. The van der Waals surface area contributed by atoms with E-state index in [1.54, 1.807) is 200 Å². The van der Waals surface area contributed by atoms with Crippen molar-refractivity contribution in [3.05, 3.63) is 323 Å². The quantitative estimate of drug-likeness (QED) is 0.0231. The van der Waals surface area contributed by atoms with Crippen molar-refractivity contribution in [3.8, 4) is 44.5 Å². The first-order valence-electron chi connectivity index (χ1n) is 45.3. The number of H-pyrrole nitrogens is 2. The first kappa shape index (κ1) is 116. The number of carbonyl (C=O) groups excluding carboxylic acids is 2. The van der Waals surface area contributed by atoms with Crippen LogP contribution in [-0.2, 0) is 69.7 Å². The zero-order valence-corrected chi connectivity index (χ0v) is 94.5. The van der Waals surface area contributed by atoms with Gasteiger partial charge in [0.05, 0.1) is 34.4 Å². The Bertz CT molecular complexity index is 8430. The maximum atomic E-state index is 13.5. The highest BCUT2D eigenvalue weighted by Crippen LogP contribution is 2.40. The monoisotopic (exact) mass is 2330 g/mol. The molecule has 8 aromatic carbocycles. The minimum absolute atomic E-state index is 0.0468. The number of halogens is 4. The molecule has 0 radical (unpaired) electrons.